The Kier molecular flexibility index (Phi) is 9.16. The highest BCUT2D eigenvalue weighted by Crippen LogP contribution is 2.29. The van der Waals surface area contributed by atoms with Crippen molar-refractivity contribution in [2.75, 3.05) is 13.7 Å². The molecule has 30 heavy (non-hydrogen) atoms. The van der Waals surface area contributed by atoms with E-state index in [1.807, 2.05) is 25.1 Å². The third kappa shape index (κ3) is 6.20. The van der Waals surface area contributed by atoms with Gasteiger partial charge in [0.2, 0.25) is 10.0 Å². The van der Waals surface area contributed by atoms with Gasteiger partial charge < -0.3 is 10.1 Å². The maximum atomic E-state index is 12.5. The molecule has 0 saturated carbocycles. The van der Waals surface area contributed by atoms with E-state index >= 15 is 0 Å². The number of aryl methyl sites for hydroxylation is 2. The quantitative estimate of drug-likeness (QED) is 0.603. The molecular weight excluding hydrogens is 420 g/mol. The SMILES string of the molecule is CCC(CCNS(=O)(=O)c1ccc(C)cc1)NC1CCc2cccc(OC)c2C1.Cl. The number of hydrogen-bond acceptors (Lipinski definition) is 4. The largest absolute Gasteiger partial charge is 0.496 e. The third-order valence-electron chi connectivity index (χ3n) is 5.74. The molecule has 2 aromatic rings. The van der Waals surface area contributed by atoms with Crippen LogP contribution >= 0.6 is 12.4 Å². The number of halogens is 1. The monoisotopic (exact) mass is 452 g/mol. The van der Waals surface area contributed by atoms with Crippen molar-refractivity contribution in [3.63, 3.8) is 0 Å². The molecule has 0 saturated heterocycles. The van der Waals surface area contributed by atoms with Crippen LogP contribution < -0.4 is 14.8 Å². The lowest BCUT2D eigenvalue weighted by Gasteiger charge is -2.30. The number of sulfonamides is 1. The molecule has 0 aromatic heterocycles. The Bertz CT molecular complexity index is 902. The van der Waals surface area contributed by atoms with Crippen LogP contribution in [0.15, 0.2) is 47.4 Å². The summed E-state index contributed by atoms with van der Waals surface area (Å²) in [5, 5.41) is 3.74. The van der Waals surface area contributed by atoms with Gasteiger partial charge in [0.1, 0.15) is 5.75 Å². The average Bonchev–Trinajstić information content (AvgIpc) is 2.72. The highest BCUT2D eigenvalue weighted by atomic mass is 35.5. The highest BCUT2D eigenvalue weighted by Gasteiger charge is 2.23. The Morgan fingerprint density at radius 3 is 2.57 bits per heavy atom. The summed E-state index contributed by atoms with van der Waals surface area (Å²) in [6.45, 7) is 4.51. The number of ether oxygens (including phenoxy) is 1. The first-order chi connectivity index (χ1) is 13.9. The Morgan fingerprint density at radius 2 is 1.90 bits per heavy atom. The second-order valence-electron chi connectivity index (χ2n) is 7.81. The standard InChI is InChI=1S/C23H32N2O3S.ClH/c1-4-19(14-15-24-29(26,27)21-12-8-17(2)9-13-21)25-20-11-10-18-6-5-7-23(28-3)22(18)16-20;/h5-9,12-13,19-20,24-25H,4,10-11,14-16H2,1-3H3;1H. The van der Waals surface area contributed by atoms with Crippen LogP contribution in [0.1, 0.15) is 42.9 Å². The van der Waals surface area contributed by atoms with Crippen molar-refractivity contribution in [3.05, 3.63) is 59.2 Å². The fourth-order valence-electron chi connectivity index (χ4n) is 4.00. The molecule has 2 aromatic carbocycles. The van der Waals surface area contributed by atoms with Crippen LogP contribution in [-0.2, 0) is 22.9 Å². The van der Waals surface area contributed by atoms with Gasteiger partial charge in [0.05, 0.1) is 12.0 Å². The van der Waals surface area contributed by atoms with Crippen molar-refractivity contribution < 1.29 is 13.2 Å². The summed E-state index contributed by atoms with van der Waals surface area (Å²) < 4.78 is 33.2. The molecule has 3 rings (SSSR count). The van der Waals surface area contributed by atoms with E-state index in [0.29, 0.717) is 17.5 Å². The van der Waals surface area contributed by atoms with Crippen molar-refractivity contribution in [2.24, 2.45) is 0 Å². The van der Waals surface area contributed by atoms with E-state index < -0.39 is 10.0 Å². The van der Waals surface area contributed by atoms with Gasteiger partial charge in [0.15, 0.2) is 0 Å². The van der Waals surface area contributed by atoms with E-state index in [2.05, 4.69) is 29.1 Å². The zero-order valence-corrected chi connectivity index (χ0v) is 19.6. The first-order valence-electron chi connectivity index (χ1n) is 10.4. The van der Waals surface area contributed by atoms with Crippen LogP contribution in [0.2, 0.25) is 0 Å². The van der Waals surface area contributed by atoms with Crippen LogP contribution in [-0.4, -0.2) is 34.2 Å². The van der Waals surface area contributed by atoms with Gasteiger partial charge in [0.25, 0.3) is 0 Å². The van der Waals surface area contributed by atoms with E-state index in [-0.39, 0.29) is 18.4 Å². The first kappa shape index (κ1) is 24.7. The Balaban J connectivity index is 0.00000320. The van der Waals surface area contributed by atoms with Crippen molar-refractivity contribution in [1.82, 2.24) is 10.0 Å². The second-order valence-corrected chi connectivity index (χ2v) is 9.58. The number of methoxy groups -OCH3 is 1. The Morgan fingerprint density at radius 1 is 1.17 bits per heavy atom. The topological polar surface area (TPSA) is 67.4 Å². The average molecular weight is 453 g/mol. The second kappa shape index (κ2) is 11.1. The molecule has 2 N–H and O–H groups in total. The molecule has 0 aliphatic heterocycles. The van der Waals surface area contributed by atoms with Crippen LogP contribution in [0.3, 0.4) is 0 Å². The number of nitrogens with one attached hydrogen (secondary N) is 2. The van der Waals surface area contributed by atoms with Crippen LogP contribution in [0.5, 0.6) is 5.75 Å². The molecule has 0 fully saturated rings. The molecule has 0 bridgehead atoms. The highest BCUT2D eigenvalue weighted by molar-refractivity contribution is 7.89. The van der Waals surface area contributed by atoms with Crippen LogP contribution in [0.25, 0.3) is 0 Å². The zero-order valence-electron chi connectivity index (χ0n) is 18.0. The molecule has 166 valence electrons. The van der Waals surface area contributed by atoms with Gasteiger partial charge in [-0.1, -0.05) is 36.8 Å². The summed E-state index contributed by atoms with van der Waals surface area (Å²) in [5.74, 6) is 0.966. The minimum atomic E-state index is -3.46. The molecule has 0 amide bonds. The molecule has 1 aliphatic carbocycles. The first-order valence-corrected chi connectivity index (χ1v) is 11.9. The van der Waals surface area contributed by atoms with Crippen molar-refractivity contribution in [2.45, 2.75) is 62.9 Å². The predicted molar refractivity (Wildman–Crippen MR) is 124 cm³/mol. The lowest BCUT2D eigenvalue weighted by atomic mass is 9.87. The van der Waals surface area contributed by atoms with Gasteiger partial charge in [-0.3, -0.25) is 0 Å². The van der Waals surface area contributed by atoms with Crippen molar-refractivity contribution in [3.8, 4) is 5.75 Å². The molecular formula is C23H33ClN2O3S. The summed E-state index contributed by atoms with van der Waals surface area (Å²) in [6, 6.07) is 13.9. The summed E-state index contributed by atoms with van der Waals surface area (Å²) in [6.07, 6.45) is 4.80. The normalized spacial score (nSPS) is 17.0. The Labute approximate surface area is 187 Å². The summed E-state index contributed by atoms with van der Waals surface area (Å²) in [4.78, 5) is 0.320. The maximum absolute atomic E-state index is 12.5. The molecule has 2 unspecified atom stereocenters. The number of benzene rings is 2. The fraction of sp³-hybridized carbons (Fsp3) is 0.478. The molecule has 0 radical (unpaired) electrons. The number of fused-ring (bicyclic) bond motifs is 1. The van der Waals surface area contributed by atoms with E-state index in [1.165, 1.54) is 11.1 Å². The third-order valence-corrected chi connectivity index (χ3v) is 7.22. The van der Waals surface area contributed by atoms with Gasteiger partial charge in [0, 0.05) is 18.6 Å². The van der Waals surface area contributed by atoms with Gasteiger partial charge in [-0.2, -0.15) is 0 Å². The lowest BCUT2D eigenvalue weighted by Crippen LogP contribution is -2.43. The van der Waals surface area contributed by atoms with Crippen LogP contribution in [0, 0.1) is 6.92 Å². The van der Waals surface area contributed by atoms with Crippen molar-refractivity contribution in [1.29, 1.82) is 0 Å². The van der Waals surface area contributed by atoms with Gasteiger partial charge in [-0.15, -0.1) is 12.4 Å². The maximum Gasteiger partial charge on any atom is 0.240 e. The van der Waals surface area contributed by atoms with Gasteiger partial charge in [-0.05, 0) is 68.4 Å². The lowest BCUT2D eigenvalue weighted by molar-refractivity contribution is 0.359. The zero-order chi connectivity index (χ0) is 20.9. The minimum absolute atomic E-state index is 0. The molecule has 0 spiro atoms. The van der Waals surface area contributed by atoms with E-state index in [0.717, 1.165) is 43.4 Å². The van der Waals surface area contributed by atoms with Crippen LogP contribution in [0.4, 0.5) is 0 Å². The molecule has 1 aliphatic rings. The molecule has 7 heteroatoms. The van der Waals surface area contributed by atoms with E-state index in [4.69, 9.17) is 4.74 Å². The molecule has 0 heterocycles. The predicted octanol–water partition coefficient (Wildman–Crippen LogP) is 4.02. The smallest absolute Gasteiger partial charge is 0.240 e. The fourth-order valence-corrected chi connectivity index (χ4v) is 5.04. The van der Waals surface area contributed by atoms with Gasteiger partial charge >= 0.3 is 0 Å². The van der Waals surface area contributed by atoms with E-state index in [9.17, 15) is 8.42 Å². The summed E-state index contributed by atoms with van der Waals surface area (Å²) >= 11 is 0. The Hall–Kier alpha value is -1.60. The van der Waals surface area contributed by atoms with Crippen molar-refractivity contribution >= 4 is 22.4 Å². The minimum Gasteiger partial charge on any atom is -0.496 e. The summed E-state index contributed by atoms with van der Waals surface area (Å²) in [7, 11) is -1.73. The number of hydrogen-bond donors (Lipinski definition) is 2. The molecule has 5 nitrogen and oxygen atoms in total. The number of rotatable bonds is 9. The molecule has 2 atom stereocenters. The summed E-state index contributed by atoms with van der Waals surface area (Å²) in [5.41, 5.74) is 3.72. The van der Waals surface area contributed by atoms with Gasteiger partial charge in [-0.25, -0.2) is 13.1 Å². The van der Waals surface area contributed by atoms with E-state index in [1.54, 1.807) is 19.2 Å².